The van der Waals surface area contributed by atoms with Gasteiger partial charge in [-0.3, -0.25) is 20.6 Å². The average Bonchev–Trinajstić information content (AvgIpc) is 3.33. The molecule has 2 heterocycles. The Morgan fingerprint density at radius 1 is 1.16 bits per heavy atom. The van der Waals surface area contributed by atoms with Crippen LogP contribution in [0.1, 0.15) is 22.4 Å². The third kappa shape index (κ3) is 6.19. The molecule has 0 bridgehead atoms. The molecular weight excluding hydrogens is 490 g/mol. The molecule has 0 radical (unpaired) electrons. The molecule has 1 aromatic heterocycles. The van der Waals surface area contributed by atoms with Crippen LogP contribution in [0.25, 0.3) is 0 Å². The van der Waals surface area contributed by atoms with Gasteiger partial charge >= 0.3 is 0 Å². The largest absolute Gasteiger partial charge is 0.407 e. The molecule has 1 fully saturated rings. The molecule has 192 valence electrons. The number of morpholine rings is 1. The van der Waals surface area contributed by atoms with Gasteiger partial charge in [0.2, 0.25) is 5.90 Å². The maximum Gasteiger partial charge on any atom is 0.290 e. The van der Waals surface area contributed by atoms with Gasteiger partial charge in [-0.1, -0.05) is 48.5 Å². The molecule has 37 heavy (non-hydrogen) atoms. The number of aryl methyl sites for hydroxylation is 1. The number of nitrogens with one attached hydrogen (secondary N) is 4. The van der Waals surface area contributed by atoms with E-state index in [2.05, 4.69) is 24.9 Å². The zero-order valence-corrected chi connectivity index (χ0v) is 21.5. The minimum absolute atomic E-state index is 0.220. The third-order valence-electron chi connectivity index (χ3n) is 5.75. The summed E-state index contributed by atoms with van der Waals surface area (Å²) in [5.74, 6) is -0.220. The Kier molecular flexibility index (Phi) is 8.60. The summed E-state index contributed by atoms with van der Waals surface area (Å²) in [4.78, 5) is 18.7. The maximum absolute atomic E-state index is 12.0. The Morgan fingerprint density at radius 3 is 2.57 bits per heavy atom. The van der Waals surface area contributed by atoms with Crippen LogP contribution in [0.5, 0.6) is 0 Å². The number of amidine groups is 1. The minimum atomic E-state index is -1.11. The van der Waals surface area contributed by atoms with Gasteiger partial charge in [-0.15, -0.1) is 0 Å². The second-order valence-corrected chi connectivity index (χ2v) is 8.92. The van der Waals surface area contributed by atoms with Gasteiger partial charge in [-0.2, -0.15) is 4.37 Å². The highest BCUT2D eigenvalue weighted by molar-refractivity contribution is 7.10. The average molecular weight is 520 g/mol. The van der Waals surface area contributed by atoms with Crippen LogP contribution in [0.4, 0.5) is 10.7 Å². The van der Waals surface area contributed by atoms with Crippen LogP contribution in [-0.2, 0) is 14.3 Å². The molecule has 10 nitrogen and oxygen atoms in total. The Bertz CT molecular complexity index is 1290. The first-order valence-electron chi connectivity index (χ1n) is 11.8. The quantitative estimate of drug-likeness (QED) is 0.204. The molecule has 2 aromatic carbocycles. The first-order valence-corrected chi connectivity index (χ1v) is 12.6. The van der Waals surface area contributed by atoms with Crippen molar-refractivity contribution in [1.82, 2.24) is 9.69 Å². The van der Waals surface area contributed by atoms with Crippen LogP contribution in [0.15, 0.2) is 59.6 Å². The predicted molar refractivity (Wildman–Crippen MR) is 147 cm³/mol. The lowest BCUT2D eigenvalue weighted by Gasteiger charge is -2.28. The fourth-order valence-corrected chi connectivity index (χ4v) is 4.90. The smallest absolute Gasteiger partial charge is 0.290 e. The Balaban J connectivity index is 1.55. The highest BCUT2D eigenvalue weighted by atomic mass is 32.1. The first-order chi connectivity index (χ1) is 18.0. The van der Waals surface area contributed by atoms with Gasteiger partial charge in [0.15, 0.2) is 12.5 Å². The molecule has 11 heteroatoms. The normalized spacial score (nSPS) is 14.5. The summed E-state index contributed by atoms with van der Waals surface area (Å²) in [5.41, 5.74) is 4.21. The summed E-state index contributed by atoms with van der Waals surface area (Å²) in [6.45, 7) is 4.38. The van der Waals surface area contributed by atoms with Crippen LogP contribution in [0, 0.1) is 17.7 Å². The molecule has 3 aromatic rings. The van der Waals surface area contributed by atoms with Crippen molar-refractivity contribution in [3.05, 3.63) is 77.0 Å². The SMILES string of the molecule is CNc1ccccc1/C(=N\C(C=O)NC(=N)OC(=N)c1c(C)nsc1N1CCOCC1)c1ccccc1. The number of aliphatic imine (C=N–C) groups is 1. The Morgan fingerprint density at radius 2 is 1.86 bits per heavy atom. The number of hydrogen-bond donors (Lipinski definition) is 4. The van der Waals surface area contributed by atoms with Crippen molar-refractivity contribution < 1.29 is 14.3 Å². The van der Waals surface area contributed by atoms with E-state index in [0.29, 0.717) is 49.6 Å². The second-order valence-electron chi connectivity index (χ2n) is 8.17. The molecule has 1 aliphatic heterocycles. The summed E-state index contributed by atoms with van der Waals surface area (Å²) >= 11 is 1.29. The van der Waals surface area contributed by atoms with E-state index in [0.717, 1.165) is 21.8 Å². The minimum Gasteiger partial charge on any atom is -0.407 e. The van der Waals surface area contributed by atoms with Crippen molar-refractivity contribution >= 4 is 46.1 Å². The molecule has 0 amide bonds. The van der Waals surface area contributed by atoms with Crippen molar-refractivity contribution in [2.45, 2.75) is 13.1 Å². The lowest BCUT2D eigenvalue weighted by atomic mass is 10.0. The molecule has 1 aliphatic rings. The van der Waals surface area contributed by atoms with E-state index in [1.54, 1.807) is 6.92 Å². The fraction of sp³-hybridized carbons (Fsp3) is 0.269. The second kappa shape index (κ2) is 12.2. The van der Waals surface area contributed by atoms with Crippen LogP contribution in [-0.4, -0.2) is 67.8 Å². The van der Waals surface area contributed by atoms with Crippen LogP contribution < -0.4 is 15.5 Å². The lowest BCUT2D eigenvalue weighted by molar-refractivity contribution is -0.109. The Hall–Kier alpha value is -4.09. The van der Waals surface area contributed by atoms with Gasteiger partial charge in [-0.25, -0.2) is 0 Å². The number of aromatic nitrogens is 1. The number of aldehydes is 1. The number of carbonyl (C=O) groups is 1. The van der Waals surface area contributed by atoms with Gasteiger partial charge < -0.3 is 25.0 Å². The molecule has 1 unspecified atom stereocenters. The van der Waals surface area contributed by atoms with Gasteiger partial charge in [0.1, 0.15) is 5.00 Å². The standard InChI is InChI=1S/C26H29N7O3S/c1-17-22(25(37-32-17)33-12-14-35-15-13-33)24(27)36-26(28)31-21(16-34)30-23(18-8-4-3-5-9-18)19-10-6-7-11-20(19)29-2/h3-11,16,21,27,29H,12-15H2,1-2H3,(H2,28,31)/b27-24?,30-23-. The molecule has 1 saturated heterocycles. The summed E-state index contributed by atoms with van der Waals surface area (Å²) in [5, 5.41) is 23.5. The van der Waals surface area contributed by atoms with Crippen molar-refractivity contribution in [3.8, 4) is 0 Å². The summed E-state index contributed by atoms with van der Waals surface area (Å²) in [6, 6.07) is 16.7. The van der Waals surface area contributed by atoms with Gasteiger partial charge in [0, 0.05) is 37.0 Å². The number of nitrogens with zero attached hydrogens (tertiary/aromatic N) is 3. The Labute approximate surface area is 219 Å². The highest BCUT2D eigenvalue weighted by Crippen LogP contribution is 2.30. The van der Waals surface area contributed by atoms with E-state index in [4.69, 9.17) is 20.3 Å². The molecule has 4 N–H and O–H groups in total. The van der Waals surface area contributed by atoms with E-state index in [1.807, 2.05) is 61.6 Å². The van der Waals surface area contributed by atoms with Crippen LogP contribution in [0.3, 0.4) is 0 Å². The molecular formula is C26H29N7O3S. The lowest BCUT2D eigenvalue weighted by Crippen LogP contribution is -2.38. The van der Waals surface area contributed by atoms with Crippen molar-refractivity contribution in [2.24, 2.45) is 4.99 Å². The maximum atomic E-state index is 12.0. The highest BCUT2D eigenvalue weighted by Gasteiger charge is 2.24. The number of rotatable bonds is 8. The van der Waals surface area contributed by atoms with Gasteiger partial charge in [0.05, 0.1) is 30.2 Å². The zero-order chi connectivity index (χ0) is 26.2. The number of hydrogen-bond acceptors (Lipinski definition) is 10. The third-order valence-corrected chi connectivity index (χ3v) is 6.75. The fourth-order valence-electron chi connectivity index (χ4n) is 3.96. The molecule has 1 atom stereocenters. The first kappa shape index (κ1) is 26.0. The molecule has 0 spiro atoms. The van der Waals surface area contributed by atoms with E-state index >= 15 is 0 Å². The van der Waals surface area contributed by atoms with E-state index in [1.165, 1.54) is 11.5 Å². The van der Waals surface area contributed by atoms with Crippen molar-refractivity contribution in [3.63, 3.8) is 0 Å². The predicted octanol–water partition coefficient (Wildman–Crippen LogP) is 3.26. The van der Waals surface area contributed by atoms with Gasteiger partial charge in [0.25, 0.3) is 6.02 Å². The summed E-state index contributed by atoms with van der Waals surface area (Å²) in [6.07, 6.45) is -0.510. The van der Waals surface area contributed by atoms with Crippen LogP contribution >= 0.6 is 11.5 Å². The van der Waals surface area contributed by atoms with Crippen molar-refractivity contribution in [2.75, 3.05) is 43.6 Å². The number of carbonyl (C=O) groups excluding carboxylic acids is 1. The molecule has 4 rings (SSSR count). The van der Waals surface area contributed by atoms with E-state index in [-0.39, 0.29) is 5.90 Å². The van der Waals surface area contributed by atoms with E-state index in [9.17, 15) is 4.79 Å². The number of benzene rings is 2. The monoisotopic (exact) mass is 519 g/mol. The number of ether oxygens (including phenoxy) is 2. The number of anilines is 2. The molecule has 0 aliphatic carbocycles. The van der Waals surface area contributed by atoms with E-state index < -0.39 is 12.2 Å². The molecule has 0 saturated carbocycles. The summed E-state index contributed by atoms with van der Waals surface area (Å²) < 4.78 is 15.3. The number of para-hydroxylation sites is 1. The summed E-state index contributed by atoms with van der Waals surface area (Å²) in [7, 11) is 1.82. The topological polar surface area (TPSA) is 136 Å². The zero-order valence-electron chi connectivity index (χ0n) is 20.7. The van der Waals surface area contributed by atoms with Crippen LogP contribution in [0.2, 0.25) is 0 Å². The van der Waals surface area contributed by atoms with Crippen molar-refractivity contribution in [1.29, 1.82) is 10.8 Å². The van der Waals surface area contributed by atoms with Gasteiger partial charge in [-0.05, 0) is 24.5 Å².